The van der Waals surface area contributed by atoms with Gasteiger partial charge >= 0.3 is 6.03 Å². The van der Waals surface area contributed by atoms with Crippen LogP contribution in [0.3, 0.4) is 0 Å². The molecule has 232 valence electrons. The summed E-state index contributed by atoms with van der Waals surface area (Å²) in [6.07, 6.45) is 4.43. The van der Waals surface area contributed by atoms with Crippen LogP contribution >= 0.6 is 0 Å². The number of benzene rings is 3. The number of carbonyl (C=O) groups excluding carboxylic acids is 1. The number of hydrogen-bond acceptors (Lipinski definition) is 9. The lowest BCUT2D eigenvalue weighted by Gasteiger charge is -2.41. The molecule has 0 bridgehead atoms. The van der Waals surface area contributed by atoms with Gasteiger partial charge in [-0.25, -0.2) is 23.2 Å². The van der Waals surface area contributed by atoms with E-state index >= 15 is 0 Å². The first-order valence-electron chi connectivity index (χ1n) is 14.7. The third kappa shape index (κ3) is 5.95. The number of methoxy groups -OCH3 is 2. The summed E-state index contributed by atoms with van der Waals surface area (Å²) < 4.78 is 35.7. The molecule has 1 fully saturated rings. The zero-order chi connectivity index (χ0) is 31.7. The molecule has 2 amide bonds. The van der Waals surface area contributed by atoms with E-state index in [1.807, 2.05) is 24.3 Å². The van der Waals surface area contributed by atoms with Crippen LogP contribution in [0, 0.1) is 17.2 Å². The summed E-state index contributed by atoms with van der Waals surface area (Å²) in [5.41, 5.74) is 3.42. The smallest absolute Gasteiger partial charge is 0.325 e. The minimum Gasteiger partial charge on any atom is -0.493 e. The number of sulfone groups is 1. The van der Waals surface area contributed by atoms with E-state index < -0.39 is 9.84 Å². The molecule has 45 heavy (non-hydrogen) atoms. The SMILES string of the molecule is COc1cc2ncnc(N3CCC(CN4Cc5cc(S(C)(=O)=O)ccc5N(Cc5ccccc5C#N)C4=O)CC3)c2cc1OC. The van der Waals surface area contributed by atoms with Gasteiger partial charge in [0.2, 0.25) is 0 Å². The van der Waals surface area contributed by atoms with Crippen LogP contribution in [0.5, 0.6) is 11.5 Å². The Bertz CT molecular complexity index is 1920. The third-order valence-electron chi connectivity index (χ3n) is 8.61. The van der Waals surface area contributed by atoms with Crippen molar-refractivity contribution < 1.29 is 22.7 Å². The first kappa shape index (κ1) is 30.1. The van der Waals surface area contributed by atoms with Gasteiger partial charge in [0.1, 0.15) is 12.1 Å². The number of rotatable bonds is 8. The van der Waals surface area contributed by atoms with Gasteiger partial charge in [-0.2, -0.15) is 5.26 Å². The van der Waals surface area contributed by atoms with Crippen molar-refractivity contribution in [2.75, 3.05) is 49.9 Å². The normalized spacial score (nSPS) is 15.6. The molecule has 6 rings (SSSR count). The Balaban J connectivity index is 1.23. The van der Waals surface area contributed by atoms with Crippen LogP contribution in [0.15, 0.2) is 65.8 Å². The third-order valence-corrected chi connectivity index (χ3v) is 9.72. The summed E-state index contributed by atoms with van der Waals surface area (Å²) >= 11 is 0. The zero-order valence-electron chi connectivity index (χ0n) is 25.4. The number of aromatic nitrogens is 2. The fourth-order valence-electron chi connectivity index (χ4n) is 6.22. The molecule has 0 atom stereocenters. The number of urea groups is 1. The molecule has 3 aromatic carbocycles. The van der Waals surface area contributed by atoms with Gasteiger partial charge in [0, 0.05) is 43.9 Å². The molecule has 12 heteroatoms. The number of carbonyl (C=O) groups is 1. The van der Waals surface area contributed by atoms with Crippen LogP contribution in [0.25, 0.3) is 10.9 Å². The standard InChI is InChI=1S/C33H34N6O5S/c1-43-30-15-27-28(16-31(30)44-2)35-21-36-32(27)37-12-10-22(11-13-37)18-38-19-25-14-26(45(3,41)42)8-9-29(25)39(33(38)40)20-24-7-5-4-6-23(24)17-34/h4-9,14-16,21-22H,10-13,18-20H2,1-3H3. The van der Waals surface area contributed by atoms with Gasteiger partial charge in [-0.1, -0.05) is 18.2 Å². The van der Waals surface area contributed by atoms with E-state index in [0.717, 1.165) is 53.8 Å². The molecule has 0 unspecified atom stereocenters. The molecule has 11 nitrogen and oxygen atoms in total. The maximum absolute atomic E-state index is 14.0. The second-order valence-electron chi connectivity index (χ2n) is 11.4. The highest BCUT2D eigenvalue weighted by Gasteiger charge is 2.34. The maximum Gasteiger partial charge on any atom is 0.325 e. The molecule has 1 saturated heterocycles. The number of anilines is 2. The van der Waals surface area contributed by atoms with Gasteiger partial charge in [0.25, 0.3) is 0 Å². The summed E-state index contributed by atoms with van der Waals surface area (Å²) in [5, 5.41) is 10.5. The average Bonchev–Trinajstić information content (AvgIpc) is 3.05. The van der Waals surface area contributed by atoms with Gasteiger partial charge in [0.05, 0.1) is 48.5 Å². The van der Waals surface area contributed by atoms with Crippen LogP contribution in [0.2, 0.25) is 0 Å². The zero-order valence-corrected chi connectivity index (χ0v) is 26.2. The summed E-state index contributed by atoms with van der Waals surface area (Å²) in [6.45, 7) is 2.55. The number of piperidine rings is 1. The molecule has 3 heterocycles. The Labute approximate surface area is 262 Å². The van der Waals surface area contributed by atoms with Crippen molar-refractivity contribution >= 4 is 38.3 Å². The van der Waals surface area contributed by atoms with Gasteiger partial charge in [-0.05, 0) is 60.2 Å². The van der Waals surface area contributed by atoms with Crippen molar-refractivity contribution in [2.24, 2.45) is 5.92 Å². The quantitative estimate of drug-likeness (QED) is 0.271. The summed E-state index contributed by atoms with van der Waals surface area (Å²) in [6, 6.07) is 17.9. The van der Waals surface area contributed by atoms with Crippen molar-refractivity contribution in [3.8, 4) is 17.6 Å². The van der Waals surface area contributed by atoms with Gasteiger partial charge in [0.15, 0.2) is 21.3 Å². The summed E-state index contributed by atoms with van der Waals surface area (Å²) in [7, 11) is -0.238. The van der Waals surface area contributed by atoms with Gasteiger partial charge < -0.3 is 19.3 Å². The number of nitriles is 1. The Morgan fingerprint density at radius 1 is 1.00 bits per heavy atom. The van der Waals surface area contributed by atoms with E-state index in [1.165, 1.54) is 6.26 Å². The van der Waals surface area contributed by atoms with E-state index in [2.05, 4.69) is 20.9 Å². The minimum atomic E-state index is -3.43. The van der Waals surface area contributed by atoms with Crippen LogP contribution in [0.1, 0.15) is 29.5 Å². The fraction of sp³-hybridized carbons (Fsp3) is 0.333. The first-order chi connectivity index (χ1) is 21.7. The predicted octanol–water partition coefficient (Wildman–Crippen LogP) is 4.78. The predicted molar refractivity (Wildman–Crippen MR) is 170 cm³/mol. The van der Waals surface area contributed by atoms with Crippen molar-refractivity contribution in [3.05, 3.63) is 77.6 Å². The number of amides is 2. The minimum absolute atomic E-state index is 0.160. The molecule has 0 spiro atoms. The average molecular weight is 627 g/mol. The molecule has 2 aliphatic heterocycles. The van der Waals surface area contributed by atoms with Crippen LogP contribution < -0.4 is 19.3 Å². The van der Waals surface area contributed by atoms with E-state index in [0.29, 0.717) is 35.8 Å². The first-order valence-corrected chi connectivity index (χ1v) is 16.6. The molecule has 0 radical (unpaired) electrons. The Morgan fingerprint density at radius 3 is 2.44 bits per heavy atom. The second-order valence-corrected chi connectivity index (χ2v) is 13.4. The number of nitrogens with zero attached hydrogens (tertiary/aromatic N) is 6. The molecule has 0 aliphatic carbocycles. The van der Waals surface area contributed by atoms with E-state index in [1.54, 1.807) is 60.7 Å². The Morgan fingerprint density at radius 2 is 1.73 bits per heavy atom. The van der Waals surface area contributed by atoms with Gasteiger partial charge in [-0.3, -0.25) is 4.90 Å². The van der Waals surface area contributed by atoms with Crippen LogP contribution in [-0.4, -0.2) is 69.4 Å². The van der Waals surface area contributed by atoms with Crippen molar-refractivity contribution in [1.29, 1.82) is 5.26 Å². The molecule has 1 aromatic heterocycles. The maximum atomic E-state index is 14.0. The largest absolute Gasteiger partial charge is 0.493 e. The highest BCUT2D eigenvalue weighted by Crippen LogP contribution is 2.37. The lowest BCUT2D eigenvalue weighted by atomic mass is 9.95. The molecule has 2 aliphatic rings. The van der Waals surface area contributed by atoms with E-state index in [4.69, 9.17) is 9.47 Å². The summed E-state index contributed by atoms with van der Waals surface area (Å²) in [5.74, 6) is 2.29. The number of hydrogen-bond donors (Lipinski definition) is 0. The highest BCUT2D eigenvalue weighted by molar-refractivity contribution is 7.90. The molecule has 0 saturated carbocycles. The van der Waals surface area contributed by atoms with Gasteiger partial charge in [-0.15, -0.1) is 0 Å². The molecular formula is C33H34N6O5S. The molecule has 4 aromatic rings. The lowest BCUT2D eigenvalue weighted by molar-refractivity contribution is 0.180. The lowest BCUT2D eigenvalue weighted by Crippen LogP contribution is -2.49. The van der Waals surface area contributed by atoms with Crippen molar-refractivity contribution in [2.45, 2.75) is 30.8 Å². The van der Waals surface area contributed by atoms with Crippen molar-refractivity contribution in [1.82, 2.24) is 14.9 Å². The fourth-order valence-corrected chi connectivity index (χ4v) is 6.89. The number of ether oxygens (including phenoxy) is 2. The van der Waals surface area contributed by atoms with Crippen LogP contribution in [0.4, 0.5) is 16.3 Å². The van der Waals surface area contributed by atoms with Crippen LogP contribution in [-0.2, 0) is 22.9 Å². The second kappa shape index (κ2) is 12.2. The Hall–Kier alpha value is -4.89. The molecule has 0 N–H and O–H groups in total. The summed E-state index contributed by atoms with van der Waals surface area (Å²) in [4.78, 5) is 29.0. The Kier molecular flexibility index (Phi) is 8.20. The topological polar surface area (TPSA) is 129 Å². The number of fused-ring (bicyclic) bond motifs is 2. The molecular weight excluding hydrogens is 592 g/mol. The van der Waals surface area contributed by atoms with Crippen molar-refractivity contribution in [3.63, 3.8) is 0 Å². The highest BCUT2D eigenvalue weighted by atomic mass is 32.2. The monoisotopic (exact) mass is 626 g/mol. The van der Waals surface area contributed by atoms with E-state index in [9.17, 15) is 18.5 Å². The van der Waals surface area contributed by atoms with E-state index in [-0.39, 0.29) is 23.4 Å².